The number of carbonyl (C=O) groups excluding carboxylic acids is 2. The summed E-state index contributed by atoms with van der Waals surface area (Å²) in [5.41, 5.74) is 0.626. The van der Waals surface area contributed by atoms with E-state index in [9.17, 15) is 14.4 Å². The Kier molecular flexibility index (Phi) is 7.08. The zero-order valence-corrected chi connectivity index (χ0v) is 19.7. The standard InChI is InChI=1S/C26H19BrO7/c1-2-13-31-25(29)16-5-9-19(10-6-16)33-23-15-32-22-14-20(11-12-21(22)24(23)28)34-26(30)17-3-7-18(27)8-4-17/h3-12,14-15H,2,13H2,1H3. The Bertz CT molecular complexity index is 1390. The van der Waals surface area contributed by atoms with Crippen LogP contribution in [0.2, 0.25) is 0 Å². The number of rotatable bonds is 7. The predicted molar refractivity (Wildman–Crippen MR) is 129 cm³/mol. The van der Waals surface area contributed by atoms with E-state index in [1.807, 2.05) is 6.92 Å². The molecule has 0 aliphatic carbocycles. The maximum Gasteiger partial charge on any atom is 0.343 e. The molecule has 7 nitrogen and oxygen atoms in total. The predicted octanol–water partition coefficient (Wildman–Crippen LogP) is 6.13. The number of hydrogen-bond acceptors (Lipinski definition) is 7. The second-order valence-corrected chi connectivity index (χ2v) is 8.16. The third-order valence-corrected chi connectivity index (χ3v) is 5.29. The van der Waals surface area contributed by atoms with Crippen molar-refractivity contribution in [3.63, 3.8) is 0 Å². The molecule has 0 saturated heterocycles. The van der Waals surface area contributed by atoms with Gasteiger partial charge in [0.1, 0.15) is 23.3 Å². The summed E-state index contributed by atoms with van der Waals surface area (Å²) in [4.78, 5) is 37.1. The molecule has 0 N–H and O–H groups in total. The minimum absolute atomic E-state index is 0.0200. The van der Waals surface area contributed by atoms with E-state index < -0.39 is 17.4 Å². The number of halogens is 1. The van der Waals surface area contributed by atoms with Crippen LogP contribution in [0.4, 0.5) is 0 Å². The quantitative estimate of drug-likeness (QED) is 0.213. The van der Waals surface area contributed by atoms with Crippen molar-refractivity contribution in [1.82, 2.24) is 0 Å². The molecule has 0 amide bonds. The summed E-state index contributed by atoms with van der Waals surface area (Å²) < 4.78 is 22.5. The molecule has 1 heterocycles. The van der Waals surface area contributed by atoms with Crippen molar-refractivity contribution in [2.24, 2.45) is 0 Å². The first-order chi connectivity index (χ1) is 16.4. The number of fused-ring (bicyclic) bond motifs is 1. The van der Waals surface area contributed by atoms with Gasteiger partial charge >= 0.3 is 11.9 Å². The van der Waals surface area contributed by atoms with Crippen LogP contribution >= 0.6 is 15.9 Å². The highest BCUT2D eigenvalue weighted by Crippen LogP contribution is 2.25. The summed E-state index contributed by atoms with van der Waals surface area (Å²) in [6.45, 7) is 2.26. The highest BCUT2D eigenvalue weighted by atomic mass is 79.9. The molecule has 4 rings (SSSR count). The summed E-state index contributed by atoms with van der Waals surface area (Å²) in [6, 6.07) is 17.5. The van der Waals surface area contributed by atoms with Gasteiger partial charge in [0.25, 0.3) is 0 Å². The van der Waals surface area contributed by atoms with Crippen LogP contribution in [0.1, 0.15) is 34.1 Å². The lowest BCUT2D eigenvalue weighted by Gasteiger charge is -2.08. The van der Waals surface area contributed by atoms with Gasteiger partial charge in [-0.05, 0) is 67.1 Å². The molecule has 0 aliphatic rings. The Balaban J connectivity index is 1.49. The highest BCUT2D eigenvalue weighted by Gasteiger charge is 2.14. The van der Waals surface area contributed by atoms with E-state index in [2.05, 4.69) is 15.9 Å². The monoisotopic (exact) mass is 522 g/mol. The number of hydrogen-bond donors (Lipinski definition) is 0. The largest absolute Gasteiger partial charge is 0.462 e. The molecule has 0 unspecified atom stereocenters. The average Bonchev–Trinajstić information content (AvgIpc) is 2.85. The second-order valence-electron chi connectivity index (χ2n) is 7.25. The van der Waals surface area contributed by atoms with Crippen molar-refractivity contribution < 1.29 is 28.2 Å². The number of benzene rings is 3. The van der Waals surface area contributed by atoms with Gasteiger partial charge in [0.15, 0.2) is 0 Å². The fourth-order valence-electron chi connectivity index (χ4n) is 3.04. The average molecular weight is 523 g/mol. The molecule has 0 saturated carbocycles. The highest BCUT2D eigenvalue weighted by molar-refractivity contribution is 9.10. The summed E-state index contributed by atoms with van der Waals surface area (Å²) in [6.07, 6.45) is 1.92. The van der Waals surface area contributed by atoms with Crippen molar-refractivity contribution in [2.75, 3.05) is 6.61 Å². The molecule has 0 spiro atoms. The Morgan fingerprint density at radius 1 is 0.882 bits per heavy atom. The van der Waals surface area contributed by atoms with Gasteiger partial charge in [0.05, 0.1) is 23.1 Å². The minimum atomic E-state index is -0.531. The summed E-state index contributed by atoms with van der Waals surface area (Å²) in [5, 5.41) is 0.265. The SMILES string of the molecule is CCCOC(=O)c1ccc(Oc2coc3cc(OC(=O)c4ccc(Br)cc4)ccc3c2=O)cc1. The van der Waals surface area contributed by atoms with Crippen molar-refractivity contribution >= 4 is 38.8 Å². The van der Waals surface area contributed by atoms with Crippen LogP contribution in [0.5, 0.6) is 17.2 Å². The van der Waals surface area contributed by atoms with Crippen molar-refractivity contribution in [2.45, 2.75) is 13.3 Å². The summed E-state index contributed by atoms with van der Waals surface area (Å²) in [7, 11) is 0. The van der Waals surface area contributed by atoms with Crippen molar-refractivity contribution in [1.29, 1.82) is 0 Å². The minimum Gasteiger partial charge on any atom is -0.462 e. The number of ether oxygens (including phenoxy) is 3. The zero-order valence-electron chi connectivity index (χ0n) is 18.1. The fraction of sp³-hybridized carbons (Fsp3) is 0.115. The van der Waals surface area contributed by atoms with E-state index in [1.54, 1.807) is 48.5 Å². The third-order valence-electron chi connectivity index (χ3n) is 4.76. The molecule has 8 heteroatoms. The van der Waals surface area contributed by atoms with Crippen LogP contribution in [0.25, 0.3) is 11.0 Å². The number of esters is 2. The van der Waals surface area contributed by atoms with Gasteiger partial charge in [0.2, 0.25) is 11.2 Å². The topological polar surface area (TPSA) is 92.0 Å². The van der Waals surface area contributed by atoms with Crippen LogP contribution in [0.3, 0.4) is 0 Å². The summed E-state index contributed by atoms with van der Waals surface area (Å²) in [5.74, 6) is -0.374. The molecule has 0 radical (unpaired) electrons. The molecule has 172 valence electrons. The maximum absolute atomic E-state index is 12.8. The van der Waals surface area contributed by atoms with E-state index in [-0.39, 0.29) is 22.5 Å². The van der Waals surface area contributed by atoms with E-state index in [0.717, 1.165) is 10.9 Å². The Morgan fingerprint density at radius 2 is 1.53 bits per heavy atom. The van der Waals surface area contributed by atoms with Crippen LogP contribution in [0.15, 0.2) is 86.7 Å². The molecule has 0 atom stereocenters. The van der Waals surface area contributed by atoms with Crippen LogP contribution in [-0.2, 0) is 4.74 Å². The second kappa shape index (κ2) is 10.4. The number of carbonyl (C=O) groups is 2. The molecular formula is C26H19BrO7. The molecular weight excluding hydrogens is 504 g/mol. The van der Waals surface area contributed by atoms with Gasteiger partial charge in [-0.15, -0.1) is 0 Å². The first-order valence-electron chi connectivity index (χ1n) is 10.4. The Labute approximate surface area is 203 Å². The smallest absolute Gasteiger partial charge is 0.343 e. The lowest BCUT2D eigenvalue weighted by molar-refractivity contribution is 0.0504. The molecule has 34 heavy (non-hydrogen) atoms. The Morgan fingerprint density at radius 3 is 2.24 bits per heavy atom. The van der Waals surface area contributed by atoms with Gasteiger partial charge in [-0.3, -0.25) is 4.79 Å². The van der Waals surface area contributed by atoms with Crippen molar-refractivity contribution in [3.05, 3.63) is 98.8 Å². The third kappa shape index (κ3) is 5.35. The fourth-order valence-corrected chi connectivity index (χ4v) is 3.31. The lowest BCUT2D eigenvalue weighted by atomic mass is 10.2. The van der Waals surface area contributed by atoms with Crippen LogP contribution in [0, 0.1) is 0 Å². The zero-order chi connectivity index (χ0) is 24.1. The molecule has 1 aromatic heterocycles. The van der Waals surface area contributed by atoms with E-state index in [0.29, 0.717) is 23.5 Å². The van der Waals surface area contributed by atoms with Crippen molar-refractivity contribution in [3.8, 4) is 17.2 Å². The van der Waals surface area contributed by atoms with E-state index >= 15 is 0 Å². The molecule has 0 bridgehead atoms. The van der Waals surface area contributed by atoms with E-state index in [1.165, 1.54) is 24.5 Å². The van der Waals surface area contributed by atoms with Gasteiger partial charge in [-0.25, -0.2) is 9.59 Å². The van der Waals surface area contributed by atoms with Gasteiger partial charge in [-0.1, -0.05) is 22.9 Å². The van der Waals surface area contributed by atoms with E-state index in [4.69, 9.17) is 18.6 Å². The maximum atomic E-state index is 12.8. The molecule has 0 fully saturated rings. The van der Waals surface area contributed by atoms with Gasteiger partial charge < -0.3 is 18.6 Å². The molecule has 3 aromatic carbocycles. The van der Waals surface area contributed by atoms with Gasteiger partial charge in [0, 0.05) is 10.5 Å². The lowest BCUT2D eigenvalue weighted by Crippen LogP contribution is -2.09. The van der Waals surface area contributed by atoms with Crippen LogP contribution < -0.4 is 14.9 Å². The van der Waals surface area contributed by atoms with Gasteiger partial charge in [-0.2, -0.15) is 0 Å². The molecule has 4 aromatic rings. The normalized spacial score (nSPS) is 10.6. The first-order valence-corrected chi connectivity index (χ1v) is 11.2. The molecule has 0 aliphatic heterocycles. The summed E-state index contributed by atoms with van der Waals surface area (Å²) >= 11 is 3.32. The van der Waals surface area contributed by atoms with Crippen LogP contribution in [-0.4, -0.2) is 18.5 Å². The Hall–Kier alpha value is -3.91. The first kappa shape index (κ1) is 23.3.